The Morgan fingerprint density at radius 3 is 2.59 bits per heavy atom. The Kier molecular flexibility index (Phi) is 4.29. The van der Waals surface area contributed by atoms with E-state index >= 15 is 0 Å². The largest absolute Gasteiger partial charge is 0.482 e. The van der Waals surface area contributed by atoms with Crippen LogP contribution < -0.4 is 4.74 Å². The second-order valence-electron chi connectivity index (χ2n) is 5.16. The summed E-state index contributed by atoms with van der Waals surface area (Å²) in [5, 5.41) is 0.481. The van der Waals surface area contributed by atoms with Gasteiger partial charge < -0.3 is 9.64 Å². The van der Waals surface area contributed by atoms with Gasteiger partial charge in [0.25, 0.3) is 5.91 Å². The predicted octanol–water partition coefficient (Wildman–Crippen LogP) is 3.83. The molecular formula is C17H15ClFNO2. The number of para-hydroxylation sites is 1. The van der Waals surface area contributed by atoms with Crippen LogP contribution >= 0.6 is 11.6 Å². The summed E-state index contributed by atoms with van der Waals surface area (Å²) in [6, 6.07) is 13.3. The second-order valence-corrected chi connectivity index (χ2v) is 5.57. The van der Waals surface area contributed by atoms with Gasteiger partial charge in [0.15, 0.2) is 6.61 Å². The lowest BCUT2D eigenvalue weighted by atomic mass is 9.94. The fraction of sp³-hybridized carbons (Fsp3) is 0.235. The van der Waals surface area contributed by atoms with Crippen molar-refractivity contribution in [1.29, 1.82) is 0 Å². The number of amides is 1. The van der Waals surface area contributed by atoms with Crippen LogP contribution in [-0.4, -0.2) is 24.0 Å². The third kappa shape index (κ3) is 3.07. The maximum absolute atomic E-state index is 13.0. The maximum atomic E-state index is 13.0. The number of hydrogen-bond donors (Lipinski definition) is 0. The van der Waals surface area contributed by atoms with Crippen molar-refractivity contribution in [2.24, 2.45) is 0 Å². The zero-order valence-electron chi connectivity index (χ0n) is 11.8. The number of halogens is 2. The van der Waals surface area contributed by atoms with Crippen LogP contribution in [0.5, 0.6) is 5.75 Å². The van der Waals surface area contributed by atoms with Gasteiger partial charge >= 0.3 is 0 Å². The van der Waals surface area contributed by atoms with Gasteiger partial charge in [0.1, 0.15) is 11.6 Å². The Bertz CT molecular complexity index is 675. The number of hydrogen-bond acceptors (Lipinski definition) is 2. The minimum absolute atomic E-state index is 0.00273. The smallest absolute Gasteiger partial charge is 0.261 e. The van der Waals surface area contributed by atoms with Gasteiger partial charge in [0, 0.05) is 6.54 Å². The van der Waals surface area contributed by atoms with Crippen LogP contribution in [0.2, 0.25) is 5.02 Å². The van der Waals surface area contributed by atoms with Gasteiger partial charge in [0.2, 0.25) is 0 Å². The highest BCUT2D eigenvalue weighted by molar-refractivity contribution is 6.32. The predicted molar refractivity (Wildman–Crippen MR) is 82.4 cm³/mol. The van der Waals surface area contributed by atoms with Crippen molar-refractivity contribution in [2.45, 2.75) is 12.5 Å². The molecule has 2 aromatic rings. The number of carbonyl (C=O) groups is 1. The van der Waals surface area contributed by atoms with Crippen molar-refractivity contribution in [2.75, 3.05) is 13.2 Å². The molecule has 0 aliphatic carbocycles. The number of rotatable bonds is 4. The molecule has 0 saturated carbocycles. The van der Waals surface area contributed by atoms with Crippen molar-refractivity contribution in [1.82, 2.24) is 4.90 Å². The lowest BCUT2D eigenvalue weighted by molar-refractivity contribution is -0.141. The molecule has 1 atom stereocenters. The van der Waals surface area contributed by atoms with Crippen LogP contribution in [0.25, 0.3) is 0 Å². The molecule has 1 fully saturated rings. The van der Waals surface area contributed by atoms with Crippen molar-refractivity contribution in [3.8, 4) is 5.75 Å². The third-order valence-electron chi connectivity index (χ3n) is 3.78. The molecule has 1 aliphatic rings. The Hall–Kier alpha value is -2.07. The molecule has 3 nitrogen and oxygen atoms in total. The molecular weight excluding hydrogens is 305 g/mol. The van der Waals surface area contributed by atoms with E-state index in [-0.39, 0.29) is 24.4 Å². The topological polar surface area (TPSA) is 29.5 Å². The summed E-state index contributed by atoms with van der Waals surface area (Å²) in [5.41, 5.74) is 0.943. The molecule has 2 aromatic carbocycles. The lowest BCUT2D eigenvalue weighted by Crippen LogP contribution is -2.47. The van der Waals surface area contributed by atoms with Crippen molar-refractivity contribution in [3.05, 3.63) is 64.9 Å². The fourth-order valence-corrected chi connectivity index (χ4v) is 2.69. The Morgan fingerprint density at radius 2 is 1.95 bits per heavy atom. The second kappa shape index (κ2) is 6.36. The highest BCUT2D eigenvalue weighted by Gasteiger charge is 2.33. The lowest BCUT2D eigenvalue weighted by Gasteiger charge is -2.41. The van der Waals surface area contributed by atoms with Crippen LogP contribution in [-0.2, 0) is 4.79 Å². The van der Waals surface area contributed by atoms with E-state index in [4.69, 9.17) is 16.3 Å². The van der Waals surface area contributed by atoms with Gasteiger partial charge in [-0.3, -0.25) is 4.79 Å². The highest BCUT2D eigenvalue weighted by Crippen LogP contribution is 2.33. The van der Waals surface area contributed by atoms with Crippen molar-refractivity contribution >= 4 is 17.5 Å². The van der Waals surface area contributed by atoms with Gasteiger partial charge in [-0.05, 0) is 36.2 Å². The first-order chi connectivity index (χ1) is 10.6. The number of likely N-dealkylation sites (tertiary alicyclic amines) is 1. The summed E-state index contributed by atoms with van der Waals surface area (Å²) in [6.45, 7) is 0.633. The van der Waals surface area contributed by atoms with Crippen molar-refractivity contribution in [3.63, 3.8) is 0 Å². The molecule has 1 saturated heterocycles. The molecule has 3 rings (SSSR count). The third-order valence-corrected chi connectivity index (χ3v) is 4.09. The van der Waals surface area contributed by atoms with E-state index in [0.29, 0.717) is 17.3 Å². The van der Waals surface area contributed by atoms with Gasteiger partial charge in [0.05, 0.1) is 11.1 Å². The molecule has 0 aromatic heterocycles. The fourth-order valence-electron chi connectivity index (χ4n) is 2.50. The monoisotopic (exact) mass is 319 g/mol. The first kappa shape index (κ1) is 14.9. The van der Waals surface area contributed by atoms with Gasteiger partial charge in [-0.1, -0.05) is 35.9 Å². The Labute approximate surface area is 133 Å². The summed E-state index contributed by atoms with van der Waals surface area (Å²) in [6.07, 6.45) is 0.878. The molecule has 0 spiro atoms. The van der Waals surface area contributed by atoms with E-state index < -0.39 is 0 Å². The molecule has 0 N–H and O–H groups in total. The number of carbonyl (C=O) groups excluding carboxylic acids is 1. The standard InChI is InChI=1S/C17H15ClFNO2/c18-14-3-1-2-4-16(14)22-11-17(21)20-10-9-15(20)12-5-7-13(19)8-6-12/h1-8,15H,9-11H2. The van der Waals surface area contributed by atoms with E-state index in [1.165, 1.54) is 12.1 Å². The molecule has 1 aliphatic heterocycles. The van der Waals surface area contributed by atoms with Gasteiger partial charge in [-0.25, -0.2) is 4.39 Å². The van der Waals surface area contributed by atoms with E-state index in [1.807, 2.05) is 0 Å². The summed E-state index contributed by atoms with van der Waals surface area (Å²) in [4.78, 5) is 14.0. The minimum atomic E-state index is -0.275. The minimum Gasteiger partial charge on any atom is -0.482 e. The van der Waals surface area contributed by atoms with Crippen LogP contribution in [0.15, 0.2) is 48.5 Å². The van der Waals surface area contributed by atoms with Crippen LogP contribution in [0.1, 0.15) is 18.0 Å². The van der Waals surface area contributed by atoms with E-state index in [9.17, 15) is 9.18 Å². The first-order valence-electron chi connectivity index (χ1n) is 7.07. The molecule has 114 valence electrons. The zero-order chi connectivity index (χ0) is 15.5. The quantitative estimate of drug-likeness (QED) is 0.857. The molecule has 0 radical (unpaired) electrons. The van der Waals surface area contributed by atoms with Crippen LogP contribution in [0, 0.1) is 5.82 Å². The number of ether oxygens (including phenoxy) is 1. The average Bonchev–Trinajstić information content (AvgIpc) is 2.47. The molecule has 1 amide bonds. The first-order valence-corrected chi connectivity index (χ1v) is 7.45. The molecule has 0 bridgehead atoms. The highest BCUT2D eigenvalue weighted by atomic mass is 35.5. The van der Waals surface area contributed by atoms with Gasteiger partial charge in [-0.15, -0.1) is 0 Å². The normalized spacial score (nSPS) is 17.0. The van der Waals surface area contributed by atoms with E-state index in [1.54, 1.807) is 41.3 Å². The van der Waals surface area contributed by atoms with Crippen LogP contribution in [0.3, 0.4) is 0 Å². The maximum Gasteiger partial charge on any atom is 0.261 e. The summed E-state index contributed by atoms with van der Waals surface area (Å²) < 4.78 is 18.4. The Balaban J connectivity index is 1.61. The van der Waals surface area contributed by atoms with Gasteiger partial charge in [-0.2, -0.15) is 0 Å². The summed E-state index contributed by atoms with van der Waals surface area (Å²) >= 11 is 5.99. The van der Waals surface area contributed by atoms with Crippen LogP contribution in [0.4, 0.5) is 4.39 Å². The molecule has 5 heteroatoms. The SMILES string of the molecule is O=C(COc1ccccc1Cl)N1CCC1c1ccc(F)cc1. The molecule has 22 heavy (non-hydrogen) atoms. The number of nitrogens with zero attached hydrogens (tertiary/aromatic N) is 1. The van der Waals surface area contributed by atoms with E-state index in [0.717, 1.165) is 12.0 Å². The number of benzene rings is 2. The van der Waals surface area contributed by atoms with Crippen molar-refractivity contribution < 1.29 is 13.9 Å². The average molecular weight is 320 g/mol. The summed E-state index contributed by atoms with van der Waals surface area (Å²) in [7, 11) is 0. The van der Waals surface area contributed by atoms with E-state index in [2.05, 4.69) is 0 Å². The molecule has 1 heterocycles. The Morgan fingerprint density at radius 1 is 1.23 bits per heavy atom. The molecule has 1 unspecified atom stereocenters. The summed E-state index contributed by atoms with van der Waals surface area (Å²) in [5.74, 6) is 0.125. The zero-order valence-corrected chi connectivity index (χ0v) is 12.6.